The summed E-state index contributed by atoms with van der Waals surface area (Å²) in [6.07, 6.45) is 2.95. The highest BCUT2D eigenvalue weighted by molar-refractivity contribution is 8.12. The minimum atomic E-state index is -0.278. The van der Waals surface area contributed by atoms with Crippen LogP contribution in [0, 0.1) is 0 Å². The van der Waals surface area contributed by atoms with E-state index in [9.17, 15) is 4.79 Å². The molecule has 0 fully saturated rings. The number of hydrogen-bond acceptors (Lipinski definition) is 3. The van der Waals surface area contributed by atoms with Crippen LogP contribution in [-0.4, -0.2) is 42.5 Å². The average molecular weight is 370 g/mol. The maximum atomic E-state index is 12.3. The summed E-state index contributed by atoms with van der Waals surface area (Å²) in [5.74, 6) is 1.24. The minimum Gasteiger partial charge on any atom is -0.418 e. The van der Waals surface area contributed by atoms with Gasteiger partial charge in [-0.1, -0.05) is 36.4 Å². The van der Waals surface area contributed by atoms with Crippen molar-refractivity contribution in [3.8, 4) is 5.75 Å². The van der Waals surface area contributed by atoms with Crippen LogP contribution in [0.3, 0.4) is 0 Å². The van der Waals surface area contributed by atoms with E-state index in [0.717, 1.165) is 33.9 Å². The molecule has 1 heterocycles. The number of nitrogens with zero attached hydrogens (tertiary/aromatic N) is 1. The van der Waals surface area contributed by atoms with Gasteiger partial charge in [-0.25, -0.2) is 4.79 Å². The number of nitrogens with one attached hydrogen (secondary N) is 1. The predicted octanol–water partition coefficient (Wildman–Crippen LogP) is 4.85. The van der Waals surface area contributed by atoms with Crippen LogP contribution in [-0.2, 0) is 12.2 Å². The quantitative estimate of drug-likeness (QED) is 0.499. The Morgan fingerprint density at radius 1 is 1.08 bits per heavy atom. The lowest BCUT2D eigenvalue weighted by Crippen LogP contribution is -2.36. The Kier molecular flexibility index (Phi) is 5.69. The van der Waals surface area contributed by atoms with Gasteiger partial charge in [-0.05, 0) is 35.0 Å². The number of carbonyl (C=O) groups is 1. The molecule has 0 radical (unpaired) electrons. The molecule has 0 aliphatic heterocycles. The van der Waals surface area contributed by atoms with Gasteiger partial charge in [-0.15, -0.1) is 0 Å². The maximum absolute atomic E-state index is 12.3. The normalized spacial score (nSPS) is 11.7. The predicted molar refractivity (Wildman–Crippen MR) is 109 cm³/mol. The summed E-state index contributed by atoms with van der Waals surface area (Å²) in [4.78, 5) is 15.6. The molecule has 0 spiro atoms. The molecule has 0 saturated carbocycles. The molecule has 1 aromatic heterocycles. The topological polar surface area (TPSA) is 42.1 Å². The van der Waals surface area contributed by atoms with E-state index in [1.807, 2.05) is 54.7 Å². The van der Waals surface area contributed by atoms with Crippen molar-refractivity contribution >= 4 is 28.0 Å². The number of aromatic nitrogens is 1. The van der Waals surface area contributed by atoms with Gasteiger partial charge in [0.15, 0.2) is 0 Å². The molecule has 0 unspecified atom stereocenters. The lowest BCUT2D eigenvalue weighted by Gasteiger charge is -2.23. The third-order valence-electron chi connectivity index (χ3n) is 4.19. The lowest BCUT2D eigenvalue weighted by molar-refractivity contribution is -0.870. The van der Waals surface area contributed by atoms with Crippen molar-refractivity contribution in [1.82, 2.24) is 4.98 Å². The zero-order chi connectivity index (χ0) is 18.6. The largest absolute Gasteiger partial charge is 0.418 e. The Morgan fingerprint density at radius 3 is 2.58 bits per heavy atom. The van der Waals surface area contributed by atoms with Crippen molar-refractivity contribution in [3.63, 3.8) is 0 Å². The number of H-pyrrole nitrogens is 1. The van der Waals surface area contributed by atoms with E-state index in [2.05, 4.69) is 26.1 Å². The van der Waals surface area contributed by atoms with E-state index < -0.39 is 0 Å². The molecule has 0 atom stereocenters. The number of benzene rings is 2. The lowest BCUT2D eigenvalue weighted by atomic mass is 10.1. The molecule has 2 aromatic carbocycles. The molecular formula is C21H25N2O2S+. The second-order valence-corrected chi connectivity index (χ2v) is 8.29. The fraction of sp³-hybridized carbons (Fsp3) is 0.286. The number of likely N-dealkylation sites (N-methyl/N-ethyl adjacent to an activating group) is 1. The van der Waals surface area contributed by atoms with Crippen LogP contribution in [0.1, 0.15) is 11.1 Å². The van der Waals surface area contributed by atoms with Gasteiger partial charge >= 0.3 is 5.30 Å². The van der Waals surface area contributed by atoms with Crippen molar-refractivity contribution in [2.45, 2.75) is 12.2 Å². The summed E-state index contributed by atoms with van der Waals surface area (Å²) in [7, 11) is 6.53. The molecule has 26 heavy (non-hydrogen) atoms. The highest BCUT2D eigenvalue weighted by Crippen LogP contribution is 2.31. The van der Waals surface area contributed by atoms with Crippen LogP contribution in [0.5, 0.6) is 5.75 Å². The summed E-state index contributed by atoms with van der Waals surface area (Å²) in [5.41, 5.74) is 3.29. The monoisotopic (exact) mass is 369 g/mol. The Bertz CT molecular complexity index is 882. The molecule has 4 nitrogen and oxygen atoms in total. The van der Waals surface area contributed by atoms with E-state index >= 15 is 0 Å². The number of ether oxygens (including phenoxy) is 1. The van der Waals surface area contributed by atoms with E-state index in [0.29, 0.717) is 11.5 Å². The van der Waals surface area contributed by atoms with Gasteiger partial charge in [0.1, 0.15) is 5.75 Å². The maximum Gasteiger partial charge on any atom is 0.373 e. The van der Waals surface area contributed by atoms with Gasteiger partial charge in [-0.3, -0.25) is 0 Å². The number of aromatic amines is 1. The second-order valence-electron chi connectivity index (χ2n) is 7.38. The first-order valence-corrected chi connectivity index (χ1v) is 9.69. The summed E-state index contributed by atoms with van der Waals surface area (Å²) < 4.78 is 6.57. The Hall–Kier alpha value is -2.24. The van der Waals surface area contributed by atoms with E-state index in [1.165, 1.54) is 17.3 Å². The van der Waals surface area contributed by atoms with Crippen LogP contribution in [0.4, 0.5) is 4.79 Å². The van der Waals surface area contributed by atoms with Crippen LogP contribution in [0.15, 0.2) is 54.7 Å². The smallest absolute Gasteiger partial charge is 0.373 e. The SMILES string of the molecule is C[N+](C)(C)CCc1c[nH]c2cccc(OC(=O)SCc3ccccc3)c12. The van der Waals surface area contributed by atoms with Crippen molar-refractivity contribution in [1.29, 1.82) is 0 Å². The first kappa shape index (κ1) is 18.5. The standard InChI is InChI=1S/C21H25N2O2S/c1-23(2,3)13-12-17-14-22-18-10-7-11-19(20(17)18)25-21(24)26-15-16-8-5-4-6-9-16/h4-11,14,22H,12-13,15H2,1-3H3/q+1. The van der Waals surface area contributed by atoms with Gasteiger partial charge in [0.05, 0.1) is 27.7 Å². The van der Waals surface area contributed by atoms with Crippen molar-refractivity contribution in [3.05, 3.63) is 65.9 Å². The fourth-order valence-electron chi connectivity index (χ4n) is 2.79. The first-order chi connectivity index (χ1) is 12.4. The number of quaternary nitrogens is 1. The van der Waals surface area contributed by atoms with Crippen molar-refractivity contribution < 1.29 is 14.0 Å². The highest BCUT2D eigenvalue weighted by Gasteiger charge is 2.16. The van der Waals surface area contributed by atoms with Crippen LogP contribution in [0.2, 0.25) is 0 Å². The van der Waals surface area contributed by atoms with Gasteiger partial charge in [0.25, 0.3) is 0 Å². The Morgan fingerprint density at radius 2 is 1.85 bits per heavy atom. The first-order valence-electron chi connectivity index (χ1n) is 8.70. The van der Waals surface area contributed by atoms with Crippen molar-refractivity contribution in [2.24, 2.45) is 0 Å². The van der Waals surface area contributed by atoms with E-state index in [-0.39, 0.29) is 5.30 Å². The molecule has 0 aliphatic rings. The summed E-state index contributed by atoms with van der Waals surface area (Å²) in [6.45, 7) is 1.01. The fourth-order valence-corrected chi connectivity index (χ4v) is 3.42. The molecule has 5 heteroatoms. The number of fused-ring (bicyclic) bond motifs is 1. The molecule has 0 saturated heterocycles. The van der Waals surface area contributed by atoms with Crippen LogP contribution < -0.4 is 4.74 Å². The highest BCUT2D eigenvalue weighted by atomic mass is 32.2. The third kappa shape index (κ3) is 4.90. The number of thioether (sulfide) groups is 1. The van der Waals surface area contributed by atoms with Crippen LogP contribution in [0.25, 0.3) is 10.9 Å². The molecule has 3 aromatic rings. The Balaban J connectivity index is 1.72. The van der Waals surface area contributed by atoms with E-state index in [4.69, 9.17) is 4.74 Å². The van der Waals surface area contributed by atoms with Gasteiger partial charge in [0.2, 0.25) is 0 Å². The number of rotatable bonds is 6. The van der Waals surface area contributed by atoms with E-state index in [1.54, 1.807) is 0 Å². The van der Waals surface area contributed by atoms with Crippen molar-refractivity contribution in [2.75, 3.05) is 27.7 Å². The zero-order valence-electron chi connectivity index (χ0n) is 15.5. The minimum absolute atomic E-state index is 0.278. The van der Waals surface area contributed by atoms with Gasteiger partial charge in [-0.2, -0.15) is 0 Å². The Labute approximate surface area is 158 Å². The average Bonchev–Trinajstić information content (AvgIpc) is 3.03. The second kappa shape index (κ2) is 7.98. The molecule has 3 rings (SSSR count). The summed E-state index contributed by atoms with van der Waals surface area (Å²) in [5, 5.41) is 0.731. The molecule has 0 bridgehead atoms. The summed E-state index contributed by atoms with van der Waals surface area (Å²) in [6, 6.07) is 15.7. The zero-order valence-corrected chi connectivity index (χ0v) is 16.3. The molecular weight excluding hydrogens is 344 g/mol. The summed E-state index contributed by atoms with van der Waals surface area (Å²) >= 11 is 1.18. The number of hydrogen-bond donors (Lipinski definition) is 1. The molecule has 0 amide bonds. The van der Waals surface area contributed by atoms with Gasteiger partial charge in [0, 0.05) is 29.3 Å². The number of carbonyl (C=O) groups excluding carboxylic acids is 1. The molecule has 1 N–H and O–H groups in total. The van der Waals surface area contributed by atoms with Crippen LogP contribution >= 0.6 is 11.8 Å². The molecule has 136 valence electrons. The van der Waals surface area contributed by atoms with Gasteiger partial charge < -0.3 is 14.2 Å². The third-order valence-corrected chi connectivity index (χ3v) is 4.99. The molecule has 0 aliphatic carbocycles.